The van der Waals surface area contributed by atoms with Gasteiger partial charge in [-0.25, -0.2) is 5.32 Å². The second-order valence-electron chi connectivity index (χ2n) is 3.21. The van der Waals surface area contributed by atoms with E-state index in [4.69, 9.17) is 18.0 Å². The zero-order chi connectivity index (χ0) is 9.19. The van der Waals surface area contributed by atoms with Crippen molar-refractivity contribution >= 4 is 29.0 Å². The van der Waals surface area contributed by atoms with Crippen LogP contribution in [0.3, 0.4) is 0 Å². The Kier molecular flexibility index (Phi) is 3.52. The number of nitrogens with zero attached hydrogens (tertiary/aromatic N) is 1. The highest BCUT2D eigenvalue weighted by Gasteiger charge is 2.43. The second kappa shape index (κ2) is 4.05. The fourth-order valence-electron chi connectivity index (χ4n) is 1.89. The zero-order valence-corrected chi connectivity index (χ0v) is 9.00. The SMILES string of the molecule is CCC1CC[N]C1(CN)C(=S)S. The summed E-state index contributed by atoms with van der Waals surface area (Å²) in [6.45, 7) is 3.55. The van der Waals surface area contributed by atoms with Crippen LogP contribution in [0, 0.1) is 5.92 Å². The van der Waals surface area contributed by atoms with Crippen molar-refractivity contribution in [1.82, 2.24) is 5.32 Å². The van der Waals surface area contributed by atoms with Crippen LogP contribution in [-0.2, 0) is 0 Å². The number of hydrogen-bond donors (Lipinski definition) is 2. The van der Waals surface area contributed by atoms with Crippen LogP contribution < -0.4 is 11.1 Å². The Labute approximate surface area is 84.7 Å². The maximum Gasteiger partial charge on any atom is 0.0913 e. The third-order valence-corrected chi connectivity index (χ3v) is 3.46. The topological polar surface area (TPSA) is 40.1 Å². The van der Waals surface area contributed by atoms with Gasteiger partial charge in [0.1, 0.15) is 0 Å². The van der Waals surface area contributed by atoms with E-state index in [1.54, 1.807) is 0 Å². The predicted octanol–water partition coefficient (Wildman–Crippen LogP) is 0.975. The van der Waals surface area contributed by atoms with E-state index in [0.29, 0.717) is 16.7 Å². The van der Waals surface area contributed by atoms with Crippen molar-refractivity contribution in [3.8, 4) is 0 Å². The molecule has 0 aromatic carbocycles. The van der Waals surface area contributed by atoms with Gasteiger partial charge in [-0.05, 0) is 12.3 Å². The molecule has 1 radical (unpaired) electrons. The fraction of sp³-hybridized carbons (Fsp3) is 0.875. The molecule has 1 aliphatic rings. The summed E-state index contributed by atoms with van der Waals surface area (Å²) < 4.78 is 0.661. The largest absolute Gasteiger partial charge is 0.328 e. The van der Waals surface area contributed by atoms with Gasteiger partial charge < -0.3 is 5.73 Å². The van der Waals surface area contributed by atoms with Crippen molar-refractivity contribution < 1.29 is 0 Å². The van der Waals surface area contributed by atoms with Crippen molar-refractivity contribution in [3.63, 3.8) is 0 Å². The Balaban J connectivity index is 2.83. The molecule has 2 nitrogen and oxygen atoms in total. The van der Waals surface area contributed by atoms with E-state index in [2.05, 4.69) is 24.9 Å². The monoisotopic (exact) mass is 203 g/mol. The second-order valence-corrected chi connectivity index (χ2v) is 4.37. The van der Waals surface area contributed by atoms with Crippen LogP contribution in [-0.4, -0.2) is 22.8 Å². The third-order valence-electron chi connectivity index (χ3n) is 2.72. The molecule has 0 aromatic heterocycles. The van der Waals surface area contributed by atoms with Gasteiger partial charge in [0.15, 0.2) is 0 Å². The Hall–Kier alpha value is 0.360. The first-order valence-electron chi connectivity index (χ1n) is 4.29. The number of thiol groups is 1. The van der Waals surface area contributed by atoms with Crippen LogP contribution in [0.1, 0.15) is 19.8 Å². The molecule has 2 N–H and O–H groups in total. The van der Waals surface area contributed by atoms with Gasteiger partial charge >= 0.3 is 0 Å². The summed E-state index contributed by atoms with van der Waals surface area (Å²) in [6.07, 6.45) is 2.19. The van der Waals surface area contributed by atoms with E-state index in [0.717, 1.165) is 19.4 Å². The van der Waals surface area contributed by atoms with E-state index in [9.17, 15) is 0 Å². The Morgan fingerprint density at radius 3 is 2.83 bits per heavy atom. The Morgan fingerprint density at radius 2 is 2.50 bits per heavy atom. The molecular formula is C8H15N2S2. The molecule has 1 heterocycles. The first-order valence-corrected chi connectivity index (χ1v) is 5.15. The lowest BCUT2D eigenvalue weighted by Gasteiger charge is -2.31. The molecule has 0 saturated carbocycles. The Bertz CT molecular complexity index is 184. The summed E-state index contributed by atoms with van der Waals surface area (Å²) in [4.78, 5) is 0. The average Bonchev–Trinajstić information content (AvgIpc) is 2.47. The van der Waals surface area contributed by atoms with Gasteiger partial charge in [0.25, 0.3) is 0 Å². The van der Waals surface area contributed by atoms with Gasteiger partial charge in [0.2, 0.25) is 0 Å². The van der Waals surface area contributed by atoms with Crippen molar-refractivity contribution in [2.75, 3.05) is 13.1 Å². The van der Waals surface area contributed by atoms with Gasteiger partial charge in [0.05, 0.1) is 9.74 Å². The first kappa shape index (κ1) is 10.4. The third kappa shape index (κ3) is 1.53. The zero-order valence-electron chi connectivity index (χ0n) is 7.29. The molecular weight excluding hydrogens is 188 g/mol. The summed E-state index contributed by atoms with van der Waals surface area (Å²) in [5.74, 6) is 0.507. The molecule has 2 unspecified atom stereocenters. The van der Waals surface area contributed by atoms with E-state index < -0.39 is 0 Å². The molecule has 0 spiro atoms. The van der Waals surface area contributed by atoms with Gasteiger partial charge in [-0.15, -0.1) is 12.6 Å². The lowest BCUT2D eigenvalue weighted by Crippen LogP contribution is -2.51. The smallest absolute Gasteiger partial charge is 0.0913 e. The molecule has 0 bridgehead atoms. The van der Waals surface area contributed by atoms with Crippen molar-refractivity contribution in [2.45, 2.75) is 25.3 Å². The van der Waals surface area contributed by atoms with Gasteiger partial charge in [-0.1, -0.05) is 25.6 Å². The first-order chi connectivity index (χ1) is 5.67. The van der Waals surface area contributed by atoms with Crippen LogP contribution in [0.15, 0.2) is 0 Å². The minimum Gasteiger partial charge on any atom is -0.328 e. The quantitative estimate of drug-likeness (QED) is 0.530. The van der Waals surface area contributed by atoms with Crippen LogP contribution >= 0.6 is 24.8 Å². The molecule has 1 aliphatic heterocycles. The molecule has 1 rings (SSSR count). The maximum atomic E-state index is 5.71. The average molecular weight is 203 g/mol. The maximum absolute atomic E-state index is 5.71. The molecule has 0 amide bonds. The highest BCUT2D eigenvalue weighted by atomic mass is 32.1. The van der Waals surface area contributed by atoms with Gasteiger partial charge in [-0.3, -0.25) is 0 Å². The van der Waals surface area contributed by atoms with Crippen molar-refractivity contribution in [3.05, 3.63) is 0 Å². The lowest BCUT2D eigenvalue weighted by molar-refractivity contribution is 0.375. The summed E-state index contributed by atoms with van der Waals surface area (Å²) in [6, 6.07) is 0. The summed E-state index contributed by atoms with van der Waals surface area (Å²) in [5, 5.41) is 4.49. The summed E-state index contributed by atoms with van der Waals surface area (Å²) in [5.41, 5.74) is 5.41. The normalized spacial score (nSPS) is 35.4. The minimum atomic E-state index is -0.298. The fourth-order valence-corrected chi connectivity index (χ4v) is 2.55. The van der Waals surface area contributed by atoms with E-state index in [-0.39, 0.29) is 5.54 Å². The molecule has 12 heavy (non-hydrogen) atoms. The Morgan fingerprint density at radius 1 is 1.83 bits per heavy atom. The van der Waals surface area contributed by atoms with Crippen LogP contribution in [0.2, 0.25) is 0 Å². The highest BCUT2D eigenvalue weighted by Crippen LogP contribution is 2.32. The molecule has 1 fully saturated rings. The molecule has 4 heteroatoms. The standard InChI is InChI=1S/C8H15N2S2/c1-2-6-3-4-10-8(6,5-9)7(11)12/h6H,2-5,9H2,1H3,(H,11,12). The summed E-state index contributed by atoms with van der Waals surface area (Å²) >= 11 is 9.33. The molecule has 1 saturated heterocycles. The van der Waals surface area contributed by atoms with E-state index >= 15 is 0 Å². The van der Waals surface area contributed by atoms with E-state index in [1.165, 1.54) is 0 Å². The number of rotatable bonds is 3. The van der Waals surface area contributed by atoms with Crippen molar-refractivity contribution in [2.24, 2.45) is 11.7 Å². The van der Waals surface area contributed by atoms with Crippen molar-refractivity contribution in [1.29, 1.82) is 0 Å². The van der Waals surface area contributed by atoms with Crippen LogP contribution in [0.4, 0.5) is 0 Å². The predicted molar refractivity (Wildman–Crippen MR) is 58.8 cm³/mol. The van der Waals surface area contributed by atoms with Gasteiger partial charge in [-0.2, -0.15) is 0 Å². The number of hydrogen-bond acceptors (Lipinski definition) is 2. The molecule has 2 atom stereocenters. The summed E-state index contributed by atoms with van der Waals surface area (Å²) in [7, 11) is 0. The van der Waals surface area contributed by atoms with E-state index in [1.807, 2.05) is 0 Å². The van der Waals surface area contributed by atoms with Crippen LogP contribution in [0.5, 0.6) is 0 Å². The molecule has 69 valence electrons. The molecule has 0 aliphatic carbocycles. The number of thiocarbonyl (C=S) groups is 1. The van der Waals surface area contributed by atoms with Gasteiger partial charge in [0, 0.05) is 13.1 Å². The molecule has 0 aromatic rings. The minimum absolute atomic E-state index is 0.298. The van der Waals surface area contributed by atoms with Crippen LogP contribution in [0.25, 0.3) is 0 Å². The highest BCUT2D eigenvalue weighted by molar-refractivity contribution is 8.11. The lowest BCUT2D eigenvalue weighted by atomic mass is 9.85. The number of nitrogens with two attached hydrogens (primary N) is 1.